The Bertz CT molecular complexity index is 2120. The first-order valence-corrected chi connectivity index (χ1v) is 17.1. The molecule has 0 aliphatic carbocycles. The molecular formula is C37H37Cl2N7O4. The molecule has 2 aromatic carbocycles. The molecule has 4 N–H and O–H groups in total. The van der Waals surface area contributed by atoms with E-state index in [1.54, 1.807) is 26.6 Å². The van der Waals surface area contributed by atoms with Gasteiger partial charge < -0.3 is 26.0 Å². The highest BCUT2D eigenvalue weighted by atomic mass is 35.5. The summed E-state index contributed by atoms with van der Waals surface area (Å²) in [4.78, 5) is 45.4. The van der Waals surface area contributed by atoms with E-state index in [2.05, 4.69) is 26.3 Å². The van der Waals surface area contributed by atoms with Crippen LogP contribution in [0.3, 0.4) is 0 Å². The van der Waals surface area contributed by atoms with Crippen LogP contribution in [-0.2, 0) is 22.7 Å². The van der Waals surface area contributed by atoms with Gasteiger partial charge in [0.1, 0.15) is 5.65 Å². The number of amides is 2. The highest BCUT2D eigenvalue weighted by molar-refractivity contribution is 6.39. The number of nitrogens with one attached hydrogen (secondary N) is 4. The third kappa shape index (κ3) is 7.66. The Balaban J connectivity index is 1.23. The van der Waals surface area contributed by atoms with Crippen LogP contribution >= 0.6 is 23.2 Å². The Morgan fingerprint density at radius 2 is 1.68 bits per heavy atom. The van der Waals surface area contributed by atoms with Crippen LogP contribution in [0.15, 0.2) is 77.9 Å². The van der Waals surface area contributed by atoms with Gasteiger partial charge in [-0.05, 0) is 30.2 Å². The molecule has 0 radical (unpaired) electrons. The Morgan fingerprint density at radius 3 is 2.40 bits per heavy atom. The van der Waals surface area contributed by atoms with Gasteiger partial charge >= 0.3 is 0 Å². The lowest BCUT2D eigenvalue weighted by molar-refractivity contribution is -0.120. The molecule has 0 spiro atoms. The number of fused-ring (bicyclic) bond motifs is 1. The molecule has 5 aromatic rings. The summed E-state index contributed by atoms with van der Waals surface area (Å²) in [7, 11) is 3.17. The largest absolute Gasteiger partial charge is 0.481 e. The quantitative estimate of drug-likeness (QED) is 0.125. The first kappa shape index (κ1) is 35.0. The first-order chi connectivity index (χ1) is 24.3. The summed E-state index contributed by atoms with van der Waals surface area (Å²) in [5.74, 6) is 0.505. The molecular weight excluding hydrogens is 677 g/mol. The molecule has 1 fully saturated rings. The van der Waals surface area contributed by atoms with Crippen LogP contribution < -0.4 is 31.6 Å². The highest BCUT2D eigenvalue weighted by Gasteiger charge is 2.21. The topological polar surface area (TPSA) is 139 Å². The van der Waals surface area contributed by atoms with Crippen LogP contribution in [0.25, 0.3) is 39.2 Å². The summed E-state index contributed by atoms with van der Waals surface area (Å²) in [5, 5.41) is 13.0. The maximum absolute atomic E-state index is 13.2. The monoisotopic (exact) mass is 713 g/mol. The second-order valence-electron chi connectivity index (χ2n) is 12.0. The number of ether oxygens (including phenoxy) is 1. The molecule has 50 heavy (non-hydrogen) atoms. The van der Waals surface area contributed by atoms with Crippen molar-refractivity contribution in [3.8, 4) is 39.4 Å². The SMILES string of the molecule is CNC(=O)CCNCc1cnc2cc(-c3cccc(-c4cccc(-c5ccc(CNC[C@@H]6CCC(=O)N6)c(OC)n5)c4Cl)c3Cl)ccn2c1=O. The van der Waals surface area contributed by atoms with Gasteiger partial charge in [0.15, 0.2) is 0 Å². The second kappa shape index (κ2) is 15.8. The van der Waals surface area contributed by atoms with E-state index in [0.717, 1.165) is 39.8 Å². The molecule has 6 rings (SSSR count). The average molecular weight is 715 g/mol. The smallest absolute Gasteiger partial charge is 0.262 e. The number of benzene rings is 2. The molecule has 1 atom stereocenters. The third-order valence-electron chi connectivity index (χ3n) is 8.70. The molecule has 2 amide bonds. The zero-order valence-corrected chi connectivity index (χ0v) is 29.2. The number of carbonyl (C=O) groups excluding carboxylic acids is 2. The first-order valence-electron chi connectivity index (χ1n) is 16.3. The normalized spacial score (nSPS) is 14.2. The summed E-state index contributed by atoms with van der Waals surface area (Å²) < 4.78 is 7.13. The van der Waals surface area contributed by atoms with Crippen molar-refractivity contribution in [3.63, 3.8) is 0 Å². The van der Waals surface area contributed by atoms with E-state index in [1.165, 1.54) is 4.40 Å². The van der Waals surface area contributed by atoms with E-state index in [-0.39, 0.29) is 23.4 Å². The molecule has 1 saturated heterocycles. The van der Waals surface area contributed by atoms with E-state index in [1.807, 2.05) is 60.7 Å². The number of hydrogen-bond donors (Lipinski definition) is 4. The fraction of sp³-hybridized carbons (Fsp3) is 0.270. The molecule has 1 aliphatic rings. The fourth-order valence-electron chi connectivity index (χ4n) is 5.99. The second-order valence-corrected chi connectivity index (χ2v) is 12.7. The number of halogens is 2. The van der Waals surface area contributed by atoms with E-state index in [9.17, 15) is 14.4 Å². The predicted molar refractivity (Wildman–Crippen MR) is 195 cm³/mol. The van der Waals surface area contributed by atoms with Gasteiger partial charge in [0.05, 0.1) is 22.8 Å². The standard InChI is InChI=1S/C37H37Cl2N7O4/c1-40-32(47)13-15-41-19-24-20-43-31-17-22(14-16-46(31)37(24)49)26-5-3-6-27(34(26)38)28-7-4-8-29(35(28)39)30-11-9-23(36(45-30)50-2)18-42-21-25-10-12-33(48)44-25/h3-9,11,14,16-17,20,25,41-42H,10,12-13,15,18-19,21H2,1-2H3,(H,40,47)(H,44,48)/t25-/m0/s1. The van der Waals surface area contributed by atoms with Gasteiger partial charge in [-0.1, -0.05) is 65.7 Å². The lowest BCUT2D eigenvalue weighted by Gasteiger charge is -2.16. The molecule has 258 valence electrons. The number of pyridine rings is 2. The van der Waals surface area contributed by atoms with E-state index in [4.69, 9.17) is 32.9 Å². The minimum atomic E-state index is -0.189. The number of rotatable bonds is 13. The molecule has 0 unspecified atom stereocenters. The zero-order valence-electron chi connectivity index (χ0n) is 27.7. The van der Waals surface area contributed by atoms with Gasteiger partial charge in [-0.15, -0.1) is 0 Å². The number of hydrogen-bond acceptors (Lipinski definition) is 8. The summed E-state index contributed by atoms with van der Waals surface area (Å²) in [6, 6.07) is 19.1. The van der Waals surface area contributed by atoms with E-state index in [0.29, 0.717) is 71.9 Å². The van der Waals surface area contributed by atoms with Gasteiger partial charge in [-0.2, -0.15) is 0 Å². The minimum absolute atomic E-state index is 0.0721. The van der Waals surface area contributed by atoms with Gasteiger partial charge in [0.2, 0.25) is 17.7 Å². The van der Waals surface area contributed by atoms with E-state index < -0.39 is 0 Å². The lowest BCUT2D eigenvalue weighted by Crippen LogP contribution is -2.35. The number of carbonyl (C=O) groups is 2. The molecule has 0 bridgehead atoms. The van der Waals surface area contributed by atoms with Crippen molar-refractivity contribution in [1.29, 1.82) is 0 Å². The maximum Gasteiger partial charge on any atom is 0.262 e. The van der Waals surface area contributed by atoms with Crippen molar-refractivity contribution in [1.82, 2.24) is 35.6 Å². The Kier molecular flexibility index (Phi) is 11.1. The predicted octanol–water partition coefficient (Wildman–Crippen LogP) is 5.00. The number of aromatic nitrogens is 3. The van der Waals surface area contributed by atoms with Crippen LogP contribution in [0, 0.1) is 0 Å². The van der Waals surface area contributed by atoms with Crippen molar-refractivity contribution < 1.29 is 14.3 Å². The summed E-state index contributed by atoms with van der Waals surface area (Å²) in [5.41, 5.74) is 6.09. The fourth-order valence-corrected chi connectivity index (χ4v) is 6.66. The molecule has 3 aromatic heterocycles. The lowest BCUT2D eigenvalue weighted by atomic mass is 9.97. The highest BCUT2D eigenvalue weighted by Crippen LogP contribution is 2.42. The van der Waals surface area contributed by atoms with Crippen LogP contribution in [-0.4, -0.2) is 59.5 Å². The molecule has 4 heterocycles. The Hall–Kier alpha value is -4.81. The number of nitrogens with zero attached hydrogens (tertiary/aromatic N) is 3. The number of methoxy groups -OCH3 is 1. The van der Waals surface area contributed by atoms with Gasteiger partial charge in [-0.3, -0.25) is 18.8 Å². The zero-order chi connectivity index (χ0) is 35.2. The Labute approximate surface area is 299 Å². The van der Waals surface area contributed by atoms with Crippen LogP contribution in [0.1, 0.15) is 30.4 Å². The molecule has 11 nitrogen and oxygen atoms in total. The summed E-state index contributed by atoms with van der Waals surface area (Å²) >= 11 is 14.2. The summed E-state index contributed by atoms with van der Waals surface area (Å²) in [6.07, 6.45) is 4.95. The molecule has 13 heteroatoms. The van der Waals surface area contributed by atoms with Gasteiger partial charge in [-0.25, -0.2) is 9.97 Å². The van der Waals surface area contributed by atoms with Crippen molar-refractivity contribution >= 4 is 40.7 Å². The minimum Gasteiger partial charge on any atom is -0.481 e. The molecule has 0 saturated carbocycles. The van der Waals surface area contributed by atoms with Crippen molar-refractivity contribution in [2.75, 3.05) is 27.2 Å². The summed E-state index contributed by atoms with van der Waals surface area (Å²) in [6.45, 7) is 1.95. The maximum atomic E-state index is 13.2. The van der Waals surface area contributed by atoms with Gasteiger partial charge in [0.25, 0.3) is 5.56 Å². The van der Waals surface area contributed by atoms with E-state index >= 15 is 0 Å². The third-order valence-corrected chi connectivity index (χ3v) is 9.52. The average Bonchev–Trinajstić information content (AvgIpc) is 3.55. The van der Waals surface area contributed by atoms with Crippen LogP contribution in [0.2, 0.25) is 10.0 Å². The molecule has 1 aliphatic heterocycles. The Morgan fingerprint density at radius 1 is 0.960 bits per heavy atom. The van der Waals surface area contributed by atoms with Crippen LogP contribution in [0.5, 0.6) is 5.88 Å². The van der Waals surface area contributed by atoms with Crippen molar-refractivity contribution in [2.45, 2.75) is 38.4 Å². The van der Waals surface area contributed by atoms with Crippen molar-refractivity contribution in [3.05, 3.63) is 105 Å². The van der Waals surface area contributed by atoms with Crippen molar-refractivity contribution in [2.24, 2.45) is 0 Å². The van der Waals surface area contributed by atoms with Crippen LogP contribution in [0.4, 0.5) is 0 Å². The van der Waals surface area contributed by atoms with Gasteiger partial charge in [0, 0.05) is 97.9 Å².